The molecule has 0 aliphatic carbocycles. The summed E-state index contributed by atoms with van der Waals surface area (Å²) in [6, 6.07) is 17.5. The number of nitrogens with one attached hydrogen (secondary N) is 1. The Morgan fingerprint density at radius 3 is 1.50 bits per heavy atom. The van der Waals surface area contributed by atoms with Crippen LogP contribution in [0.5, 0.6) is 0 Å². The number of ketones is 2. The highest BCUT2D eigenvalue weighted by Gasteiger charge is 2.19. The summed E-state index contributed by atoms with van der Waals surface area (Å²) in [5, 5.41) is 2.60. The zero-order valence-corrected chi connectivity index (χ0v) is 33.3. The van der Waals surface area contributed by atoms with Crippen molar-refractivity contribution in [1.82, 2.24) is 10.2 Å². The van der Waals surface area contributed by atoms with Crippen molar-refractivity contribution >= 4 is 69.2 Å². The average Bonchev–Trinajstić information content (AvgIpc) is 3.21. The Hall–Kier alpha value is -4.53. The minimum absolute atomic E-state index is 0.0113. The normalized spacial score (nSPS) is 13.1. The molecule has 0 fully saturated rings. The van der Waals surface area contributed by atoms with Crippen LogP contribution in [0.2, 0.25) is 0 Å². The third-order valence-electron chi connectivity index (χ3n) is 7.41. The van der Waals surface area contributed by atoms with Crippen molar-refractivity contribution in [1.29, 1.82) is 0 Å². The molecule has 0 spiro atoms. The van der Waals surface area contributed by atoms with Gasteiger partial charge in [0.25, 0.3) is 0 Å². The van der Waals surface area contributed by atoms with E-state index >= 15 is 0 Å². The Balaban J connectivity index is 0.000000382. The first-order valence-corrected chi connectivity index (χ1v) is 18.5. The zero-order chi connectivity index (χ0) is 41.9. The summed E-state index contributed by atoms with van der Waals surface area (Å²) in [5.41, 5.74) is 8.91. The number of nitrogens with two attached hydrogens (primary N) is 1. The van der Waals surface area contributed by atoms with Crippen LogP contribution < -0.4 is 11.1 Å². The van der Waals surface area contributed by atoms with E-state index < -0.39 is 5.24 Å². The van der Waals surface area contributed by atoms with Crippen LogP contribution in [0.1, 0.15) is 24.0 Å². The number of hydrogen-bond acceptors (Lipinski definition) is 10. The number of nitrogens with zero attached hydrogens (tertiary/aromatic N) is 1. The summed E-state index contributed by atoms with van der Waals surface area (Å²) in [7, 11) is 2.77. The van der Waals surface area contributed by atoms with E-state index in [2.05, 4.69) is 14.8 Å². The maximum atomic E-state index is 12.8. The molecule has 5 rings (SSSR count). The molecule has 304 valence electrons. The van der Waals surface area contributed by atoms with Crippen molar-refractivity contribution < 1.29 is 46.6 Å². The number of alkyl halides is 2. The first kappa shape index (κ1) is 49.5. The van der Waals surface area contributed by atoms with Crippen LogP contribution in [0.25, 0.3) is 0 Å². The molecule has 10 nitrogen and oxygen atoms in total. The molecule has 56 heavy (non-hydrogen) atoms. The molecule has 3 N–H and O–H groups in total. The SMILES string of the molecule is COC(=O)C1=CCN(CC(=O)Cc2ccc(F)cc2)CC1.COC(=O)C1=CCNCC1.Nc1ccc(F)cc1.O=C(CCl)Cc1ccc(F)cc1.O=C(Cl)CCl. The number of anilines is 1. The number of carbonyl (C=O) groups excluding carboxylic acids is 5. The van der Waals surface area contributed by atoms with Crippen LogP contribution in [-0.2, 0) is 46.3 Å². The van der Waals surface area contributed by atoms with Gasteiger partial charge in [-0.2, -0.15) is 0 Å². The Morgan fingerprint density at radius 1 is 0.696 bits per heavy atom. The van der Waals surface area contributed by atoms with E-state index in [-0.39, 0.29) is 59.1 Å². The number of esters is 2. The molecule has 2 heterocycles. The Kier molecular flexibility index (Phi) is 25.5. The summed E-state index contributed by atoms with van der Waals surface area (Å²) in [6.45, 7) is 3.23. The van der Waals surface area contributed by atoms with Crippen molar-refractivity contribution in [2.24, 2.45) is 0 Å². The molecular weight excluding hydrogens is 798 g/mol. The number of rotatable bonds is 10. The first-order chi connectivity index (χ1) is 26.7. The van der Waals surface area contributed by atoms with E-state index in [1.165, 1.54) is 62.8 Å². The monoisotopic (exact) mass is 841 g/mol. The molecule has 16 heteroatoms. The molecular formula is C40H45Cl3F3N3O7. The van der Waals surface area contributed by atoms with Crippen molar-refractivity contribution in [2.75, 3.05) is 64.4 Å². The lowest BCUT2D eigenvalue weighted by Gasteiger charge is -2.24. The standard InChI is InChI=1S/C16H18FNO3.C9H8ClFO.C7H11NO2.C6H6FN.C2H2Cl2O/c1-21-16(20)13-6-8-18(9-7-13)11-15(19)10-12-2-4-14(17)5-3-12;10-6-9(12)5-7-1-3-8(11)4-2-7;1-10-7(9)6-2-4-8-5-3-6;7-5-1-3-6(8)4-2-5;3-1-2(4)5/h2-6H,7-11H2,1H3;1-4H,5-6H2;2,8H,3-5H2,1H3;1-4H,8H2;1H2. The molecule has 3 aromatic rings. The predicted molar refractivity (Wildman–Crippen MR) is 212 cm³/mol. The van der Waals surface area contributed by atoms with E-state index in [9.17, 15) is 37.1 Å². The summed E-state index contributed by atoms with van der Waals surface area (Å²) in [5.74, 6) is -1.40. The van der Waals surface area contributed by atoms with Gasteiger partial charge in [-0.1, -0.05) is 36.4 Å². The minimum atomic E-state index is -0.508. The molecule has 0 bridgehead atoms. The van der Waals surface area contributed by atoms with Gasteiger partial charge in [-0.05, 0) is 90.6 Å². The molecule has 0 amide bonds. The van der Waals surface area contributed by atoms with Gasteiger partial charge in [-0.3, -0.25) is 19.3 Å². The lowest BCUT2D eigenvalue weighted by Crippen LogP contribution is -2.35. The maximum absolute atomic E-state index is 12.8. The summed E-state index contributed by atoms with van der Waals surface area (Å²) < 4.78 is 46.4. The fourth-order valence-electron chi connectivity index (χ4n) is 4.59. The maximum Gasteiger partial charge on any atom is 0.333 e. The second-order valence-electron chi connectivity index (χ2n) is 11.7. The number of Topliss-reactive ketones (excluding diaryl/α,β-unsaturated/α-hetero) is 2. The highest BCUT2D eigenvalue weighted by Crippen LogP contribution is 2.13. The van der Waals surface area contributed by atoms with Crippen LogP contribution in [0.3, 0.4) is 0 Å². The number of ether oxygens (including phenoxy) is 2. The molecule has 0 aromatic heterocycles. The Labute approximate surface area is 339 Å². The average molecular weight is 843 g/mol. The van der Waals surface area contributed by atoms with E-state index in [1.54, 1.807) is 30.3 Å². The van der Waals surface area contributed by atoms with Gasteiger partial charge < -0.3 is 20.5 Å². The van der Waals surface area contributed by atoms with Crippen LogP contribution >= 0.6 is 34.8 Å². The van der Waals surface area contributed by atoms with Crippen molar-refractivity contribution in [3.8, 4) is 0 Å². The van der Waals surface area contributed by atoms with Crippen LogP contribution in [0.15, 0.2) is 96.1 Å². The number of nitrogen functional groups attached to an aromatic ring is 1. The smallest absolute Gasteiger partial charge is 0.333 e. The predicted octanol–water partition coefficient (Wildman–Crippen LogP) is 6.40. The number of methoxy groups -OCH3 is 2. The molecule has 0 saturated carbocycles. The topological polar surface area (TPSA) is 145 Å². The molecule has 0 unspecified atom stereocenters. The zero-order valence-electron chi connectivity index (χ0n) is 31.0. The third-order valence-corrected chi connectivity index (χ3v) is 8.22. The Morgan fingerprint density at radius 2 is 1.14 bits per heavy atom. The molecule has 2 aliphatic heterocycles. The van der Waals surface area contributed by atoms with Gasteiger partial charge in [0.1, 0.15) is 17.5 Å². The van der Waals surface area contributed by atoms with Crippen LogP contribution in [-0.4, -0.2) is 92.4 Å². The minimum Gasteiger partial charge on any atom is -0.466 e. The van der Waals surface area contributed by atoms with Gasteiger partial charge in [0.15, 0.2) is 11.6 Å². The fourth-order valence-corrected chi connectivity index (χ4v) is 4.68. The van der Waals surface area contributed by atoms with Crippen LogP contribution in [0, 0.1) is 17.5 Å². The van der Waals surface area contributed by atoms with E-state index in [0.29, 0.717) is 43.7 Å². The van der Waals surface area contributed by atoms with Gasteiger partial charge in [0, 0.05) is 49.3 Å². The third kappa shape index (κ3) is 22.8. The summed E-state index contributed by atoms with van der Waals surface area (Å²) in [4.78, 5) is 56.5. The molecule has 3 aromatic carbocycles. The van der Waals surface area contributed by atoms with Crippen LogP contribution in [0.4, 0.5) is 18.9 Å². The van der Waals surface area contributed by atoms with E-state index in [1.807, 2.05) is 11.0 Å². The fraction of sp³-hybridized carbons (Fsp3) is 0.325. The highest BCUT2D eigenvalue weighted by atomic mass is 35.5. The van der Waals surface area contributed by atoms with Crippen molar-refractivity contribution in [3.05, 3.63) is 125 Å². The summed E-state index contributed by atoms with van der Waals surface area (Å²) in [6.07, 6.45) is 5.63. The van der Waals surface area contributed by atoms with Gasteiger partial charge in [-0.25, -0.2) is 22.8 Å². The number of carbonyl (C=O) groups is 5. The number of halogens is 6. The molecule has 0 atom stereocenters. The first-order valence-electron chi connectivity index (χ1n) is 17.0. The lowest BCUT2D eigenvalue weighted by atomic mass is 10.1. The molecule has 0 radical (unpaired) electrons. The number of hydrogen-bond donors (Lipinski definition) is 2. The highest BCUT2D eigenvalue weighted by molar-refractivity contribution is 6.67. The van der Waals surface area contributed by atoms with E-state index in [0.717, 1.165) is 36.2 Å². The van der Waals surface area contributed by atoms with Gasteiger partial charge in [-0.15, -0.1) is 23.2 Å². The largest absolute Gasteiger partial charge is 0.466 e. The second kappa shape index (κ2) is 28.8. The van der Waals surface area contributed by atoms with Gasteiger partial charge in [0.2, 0.25) is 5.24 Å². The molecule has 2 aliphatic rings. The van der Waals surface area contributed by atoms with Gasteiger partial charge >= 0.3 is 11.9 Å². The van der Waals surface area contributed by atoms with E-state index in [4.69, 9.17) is 40.5 Å². The summed E-state index contributed by atoms with van der Waals surface area (Å²) >= 11 is 14.9. The molecule has 0 saturated heterocycles. The quantitative estimate of drug-likeness (QED) is 0.102. The lowest BCUT2D eigenvalue weighted by molar-refractivity contribution is -0.137. The second-order valence-corrected chi connectivity index (χ2v) is 12.7. The van der Waals surface area contributed by atoms with Crippen molar-refractivity contribution in [3.63, 3.8) is 0 Å². The Bertz CT molecular complexity index is 1720. The van der Waals surface area contributed by atoms with Crippen molar-refractivity contribution in [2.45, 2.75) is 25.7 Å². The van der Waals surface area contributed by atoms with Gasteiger partial charge in [0.05, 0.1) is 32.5 Å². The number of benzene rings is 3.